The highest BCUT2D eigenvalue weighted by Crippen LogP contribution is 2.14. The second kappa shape index (κ2) is 4.26. The summed E-state index contributed by atoms with van der Waals surface area (Å²) in [6.07, 6.45) is 0.799. The van der Waals surface area contributed by atoms with Gasteiger partial charge in [-0.25, -0.2) is 4.79 Å². The maximum Gasteiger partial charge on any atom is 0.359 e. The van der Waals surface area contributed by atoms with Crippen molar-refractivity contribution in [3.8, 4) is 0 Å². The molecule has 4 heteroatoms. The summed E-state index contributed by atoms with van der Waals surface area (Å²) < 4.78 is 6.64. The van der Waals surface area contributed by atoms with E-state index in [1.807, 2.05) is 20.9 Å². The smallest absolute Gasteiger partial charge is 0.359 e. The first kappa shape index (κ1) is 10.8. The van der Waals surface area contributed by atoms with Crippen molar-refractivity contribution in [2.45, 2.75) is 27.2 Å². The van der Waals surface area contributed by atoms with Crippen LogP contribution in [0, 0.1) is 6.92 Å². The highest BCUT2D eigenvalue weighted by Gasteiger charge is 2.18. The first-order chi connectivity index (χ1) is 6.61. The first-order valence-corrected chi connectivity index (χ1v) is 4.81. The fourth-order valence-electron chi connectivity index (χ4n) is 1.44. The molecule has 0 radical (unpaired) electrons. The number of hydrogen-bond donors (Lipinski definition) is 0. The summed E-state index contributed by atoms with van der Waals surface area (Å²) in [4.78, 5) is 11.5. The Bertz CT molecular complexity index is 342. The van der Waals surface area contributed by atoms with Crippen LogP contribution in [0.15, 0.2) is 0 Å². The molecule has 0 N–H and O–H groups in total. The van der Waals surface area contributed by atoms with Crippen LogP contribution in [0.2, 0.25) is 0 Å². The lowest BCUT2D eigenvalue weighted by molar-refractivity contribution is 0.0517. The lowest BCUT2D eigenvalue weighted by atomic mass is 10.1. The van der Waals surface area contributed by atoms with Crippen LogP contribution in [0.4, 0.5) is 0 Å². The number of aryl methyl sites for hydroxylation is 1. The molecule has 0 aromatic carbocycles. The second-order valence-electron chi connectivity index (χ2n) is 3.11. The van der Waals surface area contributed by atoms with Gasteiger partial charge in [-0.1, -0.05) is 6.92 Å². The Morgan fingerprint density at radius 2 is 2.14 bits per heavy atom. The molecule has 4 nitrogen and oxygen atoms in total. The van der Waals surface area contributed by atoms with E-state index in [2.05, 4.69) is 5.10 Å². The van der Waals surface area contributed by atoms with Crippen molar-refractivity contribution < 1.29 is 9.53 Å². The molecule has 0 saturated carbocycles. The van der Waals surface area contributed by atoms with Gasteiger partial charge in [-0.3, -0.25) is 4.68 Å². The summed E-state index contributed by atoms with van der Waals surface area (Å²) in [5, 5.41) is 4.14. The van der Waals surface area contributed by atoms with Crippen molar-refractivity contribution in [2.24, 2.45) is 7.05 Å². The Morgan fingerprint density at radius 3 is 2.64 bits per heavy atom. The molecule has 0 amide bonds. The van der Waals surface area contributed by atoms with Gasteiger partial charge >= 0.3 is 5.97 Å². The molecule has 0 fully saturated rings. The van der Waals surface area contributed by atoms with E-state index in [1.165, 1.54) is 0 Å². The van der Waals surface area contributed by atoms with Crippen molar-refractivity contribution in [1.29, 1.82) is 0 Å². The van der Waals surface area contributed by atoms with Gasteiger partial charge < -0.3 is 4.74 Å². The van der Waals surface area contributed by atoms with E-state index in [4.69, 9.17) is 4.74 Å². The largest absolute Gasteiger partial charge is 0.461 e. The standard InChI is InChI=1S/C10H16N2O2/c1-5-8-7(3)12(4)11-9(8)10(13)14-6-2/h5-6H2,1-4H3. The van der Waals surface area contributed by atoms with E-state index < -0.39 is 0 Å². The highest BCUT2D eigenvalue weighted by molar-refractivity contribution is 5.89. The van der Waals surface area contributed by atoms with Crippen LogP contribution in [-0.4, -0.2) is 22.4 Å². The summed E-state index contributed by atoms with van der Waals surface area (Å²) in [5.74, 6) is -0.326. The van der Waals surface area contributed by atoms with E-state index in [1.54, 1.807) is 11.6 Å². The van der Waals surface area contributed by atoms with Crippen LogP contribution in [0.25, 0.3) is 0 Å². The molecule has 0 aliphatic carbocycles. The maximum absolute atomic E-state index is 11.5. The van der Waals surface area contributed by atoms with Crippen LogP contribution in [0.1, 0.15) is 35.6 Å². The van der Waals surface area contributed by atoms with E-state index in [-0.39, 0.29) is 5.97 Å². The molecule has 0 unspecified atom stereocenters. The van der Waals surface area contributed by atoms with Crippen molar-refractivity contribution in [3.63, 3.8) is 0 Å². The molecule has 0 spiro atoms. The highest BCUT2D eigenvalue weighted by atomic mass is 16.5. The van der Waals surface area contributed by atoms with Gasteiger partial charge in [0.15, 0.2) is 5.69 Å². The fraction of sp³-hybridized carbons (Fsp3) is 0.600. The van der Waals surface area contributed by atoms with Gasteiger partial charge in [0.05, 0.1) is 6.61 Å². The summed E-state index contributed by atoms with van der Waals surface area (Å²) in [7, 11) is 1.83. The Labute approximate surface area is 83.9 Å². The van der Waals surface area contributed by atoms with Gasteiger partial charge in [0, 0.05) is 18.3 Å². The first-order valence-electron chi connectivity index (χ1n) is 4.81. The monoisotopic (exact) mass is 196 g/mol. The van der Waals surface area contributed by atoms with Gasteiger partial charge in [0.2, 0.25) is 0 Å². The van der Waals surface area contributed by atoms with Crippen molar-refractivity contribution in [1.82, 2.24) is 9.78 Å². The Morgan fingerprint density at radius 1 is 1.50 bits per heavy atom. The quantitative estimate of drug-likeness (QED) is 0.687. The van der Waals surface area contributed by atoms with Gasteiger partial charge in [-0.2, -0.15) is 5.10 Å². The van der Waals surface area contributed by atoms with Crippen LogP contribution < -0.4 is 0 Å². The second-order valence-corrected chi connectivity index (χ2v) is 3.11. The minimum absolute atomic E-state index is 0.326. The molecule has 0 saturated heterocycles. The van der Waals surface area contributed by atoms with Gasteiger partial charge in [0.1, 0.15) is 0 Å². The molecule has 1 aromatic rings. The Balaban J connectivity index is 3.08. The number of hydrogen-bond acceptors (Lipinski definition) is 3. The molecule has 0 bridgehead atoms. The fourth-order valence-corrected chi connectivity index (χ4v) is 1.44. The van der Waals surface area contributed by atoms with Gasteiger partial charge in [0.25, 0.3) is 0 Å². The predicted molar refractivity (Wildman–Crippen MR) is 53.3 cm³/mol. The number of aromatic nitrogens is 2. The van der Waals surface area contributed by atoms with E-state index >= 15 is 0 Å². The lowest BCUT2D eigenvalue weighted by Crippen LogP contribution is -2.08. The number of ether oxygens (including phenoxy) is 1. The Kier molecular flexibility index (Phi) is 3.28. The van der Waals surface area contributed by atoms with Crippen LogP contribution in [-0.2, 0) is 18.2 Å². The van der Waals surface area contributed by atoms with Crippen molar-refractivity contribution >= 4 is 5.97 Å². The molecule has 0 aliphatic heterocycles. The lowest BCUT2D eigenvalue weighted by Gasteiger charge is -2.00. The SMILES string of the molecule is CCOC(=O)c1nn(C)c(C)c1CC. The molecular weight excluding hydrogens is 180 g/mol. The molecule has 78 valence electrons. The zero-order chi connectivity index (χ0) is 10.7. The van der Waals surface area contributed by atoms with E-state index in [9.17, 15) is 4.79 Å². The minimum atomic E-state index is -0.326. The molecule has 1 aromatic heterocycles. The van der Waals surface area contributed by atoms with Crippen molar-refractivity contribution in [3.05, 3.63) is 17.0 Å². The van der Waals surface area contributed by atoms with E-state index in [0.717, 1.165) is 17.7 Å². The van der Waals surface area contributed by atoms with E-state index in [0.29, 0.717) is 12.3 Å². The third kappa shape index (κ3) is 1.78. The normalized spacial score (nSPS) is 10.3. The average Bonchev–Trinajstić information content (AvgIpc) is 2.44. The number of esters is 1. The summed E-state index contributed by atoms with van der Waals surface area (Å²) in [6.45, 7) is 6.14. The maximum atomic E-state index is 11.5. The van der Waals surface area contributed by atoms with Crippen LogP contribution >= 0.6 is 0 Å². The zero-order valence-corrected chi connectivity index (χ0v) is 9.13. The summed E-state index contributed by atoms with van der Waals surface area (Å²) >= 11 is 0. The Hall–Kier alpha value is -1.32. The molecule has 14 heavy (non-hydrogen) atoms. The third-order valence-electron chi connectivity index (χ3n) is 2.28. The number of rotatable bonds is 3. The predicted octanol–water partition coefficient (Wildman–Crippen LogP) is 1.47. The topological polar surface area (TPSA) is 44.1 Å². The molecule has 0 aliphatic rings. The average molecular weight is 196 g/mol. The number of nitrogens with zero attached hydrogens (tertiary/aromatic N) is 2. The van der Waals surface area contributed by atoms with Crippen molar-refractivity contribution in [2.75, 3.05) is 6.61 Å². The van der Waals surface area contributed by atoms with Gasteiger partial charge in [-0.05, 0) is 20.3 Å². The van der Waals surface area contributed by atoms with Gasteiger partial charge in [-0.15, -0.1) is 0 Å². The molecule has 1 rings (SSSR count). The molecule has 0 atom stereocenters. The summed E-state index contributed by atoms with van der Waals surface area (Å²) in [5.41, 5.74) is 2.45. The molecule has 1 heterocycles. The zero-order valence-electron chi connectivity index (χ0n) is 9.13. The third-order valence-corrected chi connectivity index (χ3v) is 2.28. The van der Waals surface area contributed by atoms with Crippen LogP contribution in [0.5, 0.6) is 0 Å². The number of carbonyl (C=O) groups excluding carboxylic acids is 1. The minimum Gasteiger partial charge on any atom is -0.461 e. The number of carbonyl (C=O) groups is 1. The summed E-state index contributed by atoms with van der Waals surface area (Å²) in [6, 6.07) is 0. The molecular formula is C10H16N2O2. The van der Waals surface area contributed by atoms with Crippen LogP contribution in [0.3, 0.4) is 0 Å².